The van der Waals surface area contributed by atoms with E-state index in [0.29, 0.717) is 24.2 Å². The van der Waals surface area contributed by atoms with Crippen molar-refractivity contribution in [3.05, 3.63) is 23.2 Å². The first-order chi connectivity index (χ1) is 10.4. The number of nitrogens with zero attached hydrogens (tertiary/aromatic N) is 3. The molecule has 124 valence electrons. The molecule has 1 N–H and O–H groups in total. The third-order valence-corrected chi connectivity index (χ3v) is 4.97. The molecule has 2 heterocycles. The van der Waals surface area contributed by atoms with Crippen molar-refractivity contribution >= 4 is 28.1 Å². The number of halogens is 1. The van der Waals surface area contributed by atoms with Crippen molar-refractivity contribution in [2.24, 2.45) is 5.92 Å². The SMILES string of the molecule is CS(=O)(=O)N1CCCC(Cc2cc(Cl)ncn2)CC1.O=CO. The zero-order valence-electron chi connectivity index (χ0n) is 12.4. The molecule has 1 atom stereocenters. The predicted octanol–water partition coefficient (Wildman–Crippen LogP) is 1.44. The summed E-state index contributed by atoms with van der Waals surface area (Å²) in [5, 5.41) is 7.34. The fourth-order valence-corrected chi connectivity index (χ4v) is 3.52. The fourth-order valence-electron chi connectivity index (χ4n) is 2.45. The highest BCUT2D eigenvalue weighted by Gasteiger charge is 2.23. The molecule has 2 rings (SSSR count). The molecule has 22 heavy (non-hydrogen) atoms. The number of hydrogen-bond donors (Lipinski definition) is 1. The van der Waals surface area contributed by atoms with Gasteiger partial charge in [-0.15, -0.1) is 0 Å². The van der Waals surface area contributed by atoms with Gasteiger partial charge in [0.2, 0.25) is 10.0 Å². The highest BCUT2D eigenvalue weighted by molar-refractivity contribution is 7.88. The lowest BCUT2D eigenvalue weighted by Crippen LogP contribution is -2.30. The van der Waals surface area contributed by atoms with Crippen molar-refractivity contribution in [1.29, 1.82) is 0 Å². The average Bonchev–Trinajstić information content (AvgIpc) is 2.65. The van der Waals surface area contributed by atoms with Crippen LogP contribution in [-0.4, -0.2) is 53.6 Å². The second-order valence-electron chi connectivity index (χ2n) is 5.10. The van der Waals surface area contributed by atoms with Gasteiger partial charge in [0.25, 0.3) is 6.47 Å². The summed E-state index contributed by atoms with van der Waals surface area (Å²) in [6.07, 6.45) is 6.37. The van der Waals surface area contributed by atoms with Crippen molar-refractivity contribution in [3.63, 3.8) is 0 Å². The van der Waals surface area contributed by atoms with Gasteiger partial charge in [-0.3, -0.25) is 4.79 Å². The first kappa shape index (κ1) is 18.8. The maximum absolute atomic E-state index is 11.5. The van der Waals surface area contributed by atoms with Crippen LogP contribution in [0.15, 0.2) is 12.4 Å². The minimum atomic E-state index is -3.07. The van der Waals surface area contributed by atoms with Crippen LogP contribution in [0.3, 0.4) is 0 Å². The number of sulfonamides is 1. The van der Waals surface area contributed by atoms with E-state index < -0.39 is 10.0 Å². The van der Waals surface area contributed by atoms with Gasteiger partial charge in [0.1, 0.15) is 11.5 Å². The van der Waals surface area contributed by atoms with Crippen LogP contribution < -0.4 is 0 Å². The molecule has 1 aliphatic heterocycles. The highest BCUT2D eigenvalue weighted by atomic mass is 35.5. The lowest BCUT2D eigenvalue weighted by molar-refractivity contribution is -0.122. The first-order valence-corrected chi connectivity index (χ1v) is 9.09. The van der Waals surface area contributed by atoms with Gasteiger partial charge in [0.05, 0.1) is 6.26 Å². The molecule has 1 fully saturated rings. The molecule has 9 heteroatoms. The van der Waals surface area contributed by atoms with E-state index in [2.05, 4.69) is 9.97 Å². The highest BCUT2D eigenvalue weighted by Crippen LogP contribution is 2.22. The van der Waals surface area contributed by atoms with Crippen molar-refractivity contribution in [2.45, 2.75) is 25.7 Å². The standard InChI is InChI=1S/C12H18ClN3O2S.CH2O2/c1-19(17,18)16-5-2-3-10(4-6-16)7-11-8-12(13)15-9-14-11;2-1-3/h8-10H,2-7H2,1H3;1H,(H,2,3). The van der Waals surface area contributed by atoms with Crippen LogP contribution in [0.25, 0.3) is 0 Å². The molecule has 0 spiro atoms. The zero-order valence-corrected chi connectivity index (χ0v) is 13.9. The van der Waals surface area contributed by atoms with Crippen LogP contribution in [0.1, 0.15) is 25.0 Å². The smallest absolute Gasteiger partial charge is 0.290 e. The van der Waals surface area contributed by atoms with Crippen LogP contribution in [0.5, 0.6) is 0 Å². The largest absolute Gasteiger partial charge is 0.483 e. The normalized spacial score (nSPS) is 19.6. The Kier molecular flexibility index (Phi) is 7.70. The quantitative estimate of drug-likeness (QED) is 0.654. The monoisotopic (exact) mass is 349 g/mol. The van der Waals surface area contributed by atoms with Crippen LogP contribution >= 0.6 is 11.6 Å². The van der Waals surface area contributed by atoms with E-state index in [1.165, 1.54) is 12.6 Å². The molecule has 1 aromatic rings. The Labute approximate surface area is 135 Å². The number of rotatable bonds is 3. The van der Waals surface area contributed by atoms with Gasteiger partial charge < -0.3 is 5.11 Å². The van der Waals surface area contributed by atoms with Crippen molar-refractivity contribution in [3.8, 4) is 0 Å². The summed E-state index contributed by atoms with van der Waals surface area (Å²) >= 11 is 5.84. The molecule has 7 nitrogen and oxygen atoms in total. The molecule has 1 aliphatic rings. The summed E-state index contributed by atoms with van der Waals surface area (Å²) in [4.78, 5) is 16.4. The summed E-state index contributed by atoms with van der Waals surface area (Å²) in [5.41, 5.74) is 0.929. The van der Waals surface area contributed by atoms with E-state index in [-0.39, 0.29) is 6.47 Å². The van der Waals surface area contributed by atoms with Crippen LogP contribution in [0, 0.1) is 5.92 Å². The van der Waals surface area contributed by atoms with Crippen molar-refractivity contribution in [1.82, 2.24) is 14.3 Å². The van der Waals surface area contributed by atoms with Gasteiger partial charge in [-0.1, -0.05) is 11.6 Å². The molecule has 0 aromatic carbocycles. The summed E-state index contributed by atoms with van der Waals surface area (Å²) in [5.74, 6) is 0.456. The van der Waals surface area contributed by atoms with Gasteiger partial charge in [0, 0.05) is 18.8 Å². The number of carboxylic acid groups (broad SMARTS) is 1. The Morgan fingerprint density at radius 2 is 2.09 bits per heavy atom. The molecular formula is C13H20ClN3O4S. The first-order valence-electron chi connectivity index (χ1n) is 6.86. The minimum absolute atomic E-state index is 0.250. The molecule has 0 aliphatic carbocycles. The number of hydrogen-bond acceptors (Lipinski definition) is 5. The van der Waals surface area contributed by atoms with Gasteiger partial charge >= 0.3 is 0 Å². The Hall–Kier alpha value is -1.25. The van der Waals surface area contributed by atoms with E-state index >= 15 is 0 Å². The number of carbonyl (C=O) groups is 1. The molecule has 1 aromatic heterocycles. The average molecular weight is 350 g/mol. The maximum atomic E-state index is 11.5. The van der Waals surface area contributed by atoms with Gasteiger partial charge in [-0.05, 0) is 37.7 Å². The van der Waals surface area contributed by atoms with Crippen molar-refractivity contribution < 1.29 is 18.3 Å². The molecule has 0 amide bonds. The van der Waals surface area contributed by atoms with Crippen molar-refractivity contribution in [2.75, 3.05) is 19.3 Å². The molecule has 1 unspecified atom stereocenters. The third-order valence-electron chi connectivity index (χ3n) is 3.46. The number of aromatic nitrogens is 2. The van der Waals surface area contributed by atoms with Gasteiger partial charge in [0.15, 0.2) is 0 Å². The van der Waals surface area contributed by atoms with Crippen LogP contribution in [0.4, 0.5) is 0 Å². The summed E-state index contributed by atoms with van der Waals surface area (Å²) < 4.78 is 24.6. The second-order valence-corrected chi connectivity index (χ2v) is 7.47. The third kappa shape index (κ3) is 6.67. The molecule has 0 saturated carbocycles. The van der Waals surface area contributed by atoms with Crippen LogP contribution in [0.2, 0.25) is 5.15 Å². The maximum Gasteiger partial charge on any atom is 0.290 e. The lowest BCUT2D eigenvalue weighted by Gasteiger charge is -2.17. The fraction of sp³-hybridized carbons (Fsp3) is 0.615. The van der Waals surface area contributed by atoms with E-state index in [1.807, 2.05) is 0 Å². The molecule has 0 radical (unpaired) electrons. The molecule has 1 saturated heterocycles. The summed E-state index contributed by atoms with van der Waals surface area (Å²) in [6.45, 7) is 0.974. The Morgan fingerprint density at radius 1 is 1.41 bits per heavy atom. The topological polar surface area (TPSA) is 100 Å². The predicted molar refractivity (Wildman–Crippen MR) is 83.2 cm³/mol. The molecular weight excluding hydrogens is 330 g/mol. The Bertz CT molecular complexity index is 582. The van der Waals surface area contributed by atoms with E-state index in [4.69, 9.17) is 21.5 Å². The van der Waals surface area contributed by atoms with Gasteiger partial charge in [-0.25, -0.2) is 22.7 Å². The summed E-state index contributed by atoms with van der Waals surface area (Å²) in [7, 11) is -3.07. The van der Waals surface area contributed by atoms with Gasteiger partial charge in [-0.2, -0.15) is 0 Å². The second kappa shape index (κ2) is 9.02. The van der Waals surface area contributed by atoms with E-state index in [9.17, 15) is 8.42 Å². The zero-order chi connectivity index (χ0) is 16.6. The Morgan fingerprint density at radius 3 is 2.68 bits per heavy atom. The van der Waals surface area contributed by atoms with E-state index in [1.54, 1.807) is 10.4 Å². The van der Waals surface area contributed by atoms with E-state index in [0.717, 1.165) is 31.4 Å². The Balaban J connectivity index is 0.000000745. The van der Waals surface area contributed by atoms with Crippen LogP contribution in [-0.2, 0) is 21.2 Å². The molecule has 0 bridgehead atoms. The lowest BCUT2D eigenvalue weighted by atomic mass is 9.95. The summed E-state index contributed by atoms with van der Waals surface area (Å²) in [6, 6.07) is 1.78. The minimum Gasteiger partial charge on any atom is -0.483 e.